The van der Waals surface area contributed by atoms with Crippen molar-refractivity contribution < 1.29 is 18.7 Å². The molecule has 2 heterocycles. The summed E-state index contributed by atoms with van der Waals surface area (Å²) in [6.07, 6.45) is 0. The molecule has 0 spiro atoms. The summed E-state index contributed by atoms with van der Waals surface area (Å²) in [5.74, 6) is -1.34. The maximum atomic E-state index is 11.2. The topological polar surface area (TPSA) is 80.6 Å². The first-order chi connectivity index (χ1) is 8.15. The fraction of sp³-hybridized carbons (Fsp3) is 0. The van der Waals surface area contributed by atoms with Gasteiger partial charge in [-0.2, -0.15) is 0 Å². The Kier molecular flexibility index (Phi) is 1.82. The van der Waals surface area contributed by atoms with Crippen molar-refractivity contribution in [1.82, 2.24) is 0 Å². The van der Waals surface area contributed by atoms with Gasteiger partial charge in [0.15, 0.2) is 0 Å². The third-order valence-corrected chi connectivity index (χ3v) is 2.49. The Bertz CT molecular complexity index is 793. The number of rotatable bonds is 1. The summed E-state index contributed by atoms with van der Waals surface area (Å²) >= 11 is 0. The molecule has 0 fully saturated rings. The van der Waals surface area contributed by atoms with Crippen molar-refractivity contribution in [2.24, 2.45) is 0 Å². The van der Waals surface area contributed by atoms with Gasteiger partial charge in [-0.25, -0.2) is 9.59 Å². The molecule has 17 heavy (non-hydrogen) atoms. The molecule has 84 valence electrons. The number of hydrogen-bond acceptors (Lipinski definition) is 4. The fourth-order valence-corrected chi connectivity index (χ4v) is 1.75. The Labute approximate surface area is 93.9 Å². The maximum Gasteiger partial charge on any atom is 0.371 e. The van der Waals surface area contributed by atoms with E-state index in [0.717, 1.165) is 5.39 Å². The molecule has 0 saturated heterocycles. The second kappa shape index (κ2) is 3.21. The number of carboxylic acids is 1. The molecule has 0 unspecified atom stereocenters. The van der Waals surface area contributed by atoms with Crippen molar-refractivity contribution in [2.75, 3.05) is 0 Å². The van der Waals surface area contributed by atoms with E-state index >= 15 is 0 Å². The van der Waals surface area contributed by atoms with Crippen molar-refractivity contribution in [3.05, 3.63) is 46.5 Å². The molecule has 1 aromatic carbocycles. The van der Waals surface area contributed by atoms with Gasteiger partial charge in [-0.1, -0.05) is 0 Å². The first kappa shape index (κ1) is 9.65. The van der Waals surface area contributed by atoms with Gasteiger partial charge in [-0.15, -0.1) is 0 Å². The van der Waals surface area contributed by atoms with E-state index in [2.05, 4.69) is 0 Å². The third kappa shape index (κ3) is 1.40. The third-order valence-electron chi connectivity index (χ3n) is 2.49. The molecular weight excluding hydrogens is 224 g/mol. The molecule has 0 atom stereocenters. The van der Waals surface area contributed by atoms with Crippen LogP contribution in [-0.2, 0) is 0 Å². The maximum absolute atomic E-state index is 11.2. The molecule has 0 aliphatic heterocycles. The standard InChI is InChI=1S/C12H6O5/c13-10-4-2-6-1-3-8-7(11(6)17-10)5-9(16-8)12(14)15/h1-5H,(H,14,15). The van der Waals surface area contributed by atoms with E-state index < -0.39 is 11.6 Å². The van der Waals surface area contributed by atoms with Gasteiger partial charge in [0.25, 0.3) is 0 Å². The molecule has 2 aromatic heterocycles. The average molecular weight is 230 g/mol. The van der Waals surface area contributed by atoms with Crippen LogP contribution < -0.4 is 5.63 Å². The van der Waals surface area contributed by atoms with Crippen molar-refractivity contribution >= 4 is 27.9 Å². The highest BCUT2D eigenvalue weighted by molar-refractivity contribution is 6.04. The molecule has 3 aromatic rings. The van der Waals surface area contributed by atoms with Gasteiger partial charge in [0.1, 0.15) is 11.2 Å². The lowest BCUT2D eigenvalue weighted by atomic mass is 10.2. The Morgan fingerprint density at radius 1 is 1.12 bits per heavy atom. The highest BCUT2D eigenvalue weighted by Crippen LogP contribution is 2.27. The van der Waals surface area contributed by atoms with E-state index in [4.69, 9.17) is 13.9 Å². The number of fused-ring (bicyclic) bond motifs is 3. The SMILES string of the molecule is O=C(O)c1cc2c(ccc3ccc(=O)oc32)o1. The van der Waals surface area contributed by atoms with Crippen LogP contribution in [0.1, 0.15) is 10.6 Å². The Morgan fingerprint density at radius 3 is 2.65 bits per heavy atom. The van der Waals surface area contributed by atoms with E-state index in [1.165, 1.54) is 12.1 Å². The monoisotopic (exact) mass is 230 g/mol. The number of benzene rings is 1. The van der Waals surface area contributed by atoms with Crippen LogP contribution in [0.5, 0.6) is 0 Å². The summed E-state index contributed by atoms with van der Waals surface area (Å²) in [5, 5.41) is 10.0. The predicted molar refractivity (Wildman–Crippen MR) is 59.2 cm³/mol. The summed E-state index contributed by atoms with van der Waals surface area (Å²) in [6, 6.07) is 7.63. The van der Waals surface area contributed by atoms with Crippen LogP contribution in [0.3, 0.4) is 0 Å². The predicted octanol–water partition coefficient (Wildman–Crippen LogP) is 2.24. The molecular formula is C12H6O5. The second-order valence-corrected chi connectivity index (χ2v) is 3.57. The minimum absolute atomic E-state index is 0.181. The lowest BCUT2D eigenvalue weighted by Gasteiger charge is -1.95. The van der Waals surface area contributed by atoms with Gasteiger partial charge >= 0.3 is 11.6 Å². The molecule has 0 bridgehead atoms. The largest absolute Gasteiger partial charge is 0.475 e. The highest BCUT2D eigenvalue weighted by atomic mass is 16.4. The average Bonchev–Trinajstić information content (AvgIpc) is 2.73. The smallest absolute Gasteiger partial charge is 0.371 e. The first-order valence-electron chi connectivity index (χ1n) is 4.85. The summed E-state index contributed by atoms with van der Waals surface area (Å²) in [7, 11) is 0. The first-order valence-corrected chi connectivity index (χ1v) is 4.85. The van der Waals surface area contributed by atoms with E-state index in [1.54, 1.807) is 18.2 Å². The van der Waals surface area contributed by atoms with Crippen molar-refractivity contribution in [3.63, 3.8) is 0 Å². The second-order valence-electron chi connectivity index (χ2n) is 3.57. The zero-order valence-corrected chi connectivity index (χ0v) is 8.47. The van der Waals surface area contributed by atoms with Crippen molar-refractivity contribution in [3.8, 4) is 0 Å². The molecule has 0 amide bonds. The molecule has 5 nitrogen and oxygen atoms in total. The summed E-state index contributed by atoms with van der Waals surface area (Å²) < 4.78 is 10.2. The number of carbonyl (C=O) groups is 1. The molecule has 5 heteroatoms. The van der Waals surface area contributed by atoms with Crippen LogP contribution in [-0.4, -0.2) is 11.1 Å². The number of carboxylic acid groups (broad SMARTS) is 1. The lowest BCUT2D eigenvalue weighted by molar-refractivity contribution is 0.0665. The van der Waals surface area contributed by atoms with Gasteiger partial charge in [0.2, 0.25) is 5.76 Å². The molecule has 0 radical (unpaired) electrons. The Morgan fingerprint density at radius 2 is 1.88 bits per heavy atom. The van der Waals surface area contributed by atoms with Gasteiger partial charge in [-0.3, -0.25) is 0 Å². The van der Waals surface area contributed by atoms with Gasteiger partial charge in [0, 0.05) is 17.5 Å². The normalized spacial score (nSPS) is 11.1. The van der Waals surface area contributed by atoms with E-state index in [0.29, 0.717) is 16.6 Å². The van der Waals surface area contributed by atoms with Crippen LogP contribution in [0.2, 0.25) is 0 Å². The van der Waals surface area contributed by atoms with Crippen molar-refractivity contribution in [1.29, 1.82) is 0 Å². The Balaban J connectivity index is 2.49. The number of furan rings is 1. The minimum atomic E-state index is -1.16. The lowest BCUT2D eigenvalue weighted by Crippen LogP contribution is -1.94. The van der Waals surface area contributed by atoms with Crippen LogP contribution >= 0.6 is 0 Å². The highest BCUT2D eigenvalue weighted by Gasteiger charge is 2.13. The van der Waals surface area contributed by atoms with Gasteiger partial charge in [0.05, 0.1) is 5.39 Å². The molecule has 0 aliphatic carbocycles. The number of aromatic carboxylic acids is 1. The van der Waals surface area contributed by atoms with Crippen LogP contribution in [0, 0.1) is 0 Å². The molecule has 0 aliphatic rings. The quantitative estimate of drug-likeness (QED) is 0.648. The van der Waals surface area contributed by atoms with Gasteiger partial charge < -0.3 is 13.9 Å². The van der Waals surface area contributed by atoms with E-state index in [1.807, 2.05) is 0 Å². The fourth-order valence-electron chi connectivity index (χ4n) is 1.75. The van der Waals surface area contributed by atoms with Gasteiger partial charge in [-0.05, 0) is 18.2 Å². The van der Waals surface area contributed by atoms with E-state index in [9.17, 15) is 9.59 Å². The summed E-state index contributed by atoms with van der Waals surface area (Å²) in [6.45, 7) is 0. The van der Waals surface area contributed by atoms with Crippen LogP contribution in [0.25, 0.3) is 21.9 Å². The minimum Gasteiger partial charge on any atom is -0.475 e. The molecule has 0 saturated carbocycles. The zero-order valence-electron chi connectivity index (χ0n) is 8.47. The number of hydrogen-bond donors (Lipinski definition) is 1. The van der Waals surface area contributed by atoms with Crippen LogP contribution in [0.4, 0.5) is 0 Å². The summed E-state index contributed by atoms with van der Waals surface area (Å²) in [4.78, 5) is 21.9. The summed E-state index contributed by atoms with van der Waals surface area (Å²) in [5.41, 5.74) is 0.235. The zero-order chi connectivity index (χ0) is 12.0. The Hall–Kier alpha value is -2.56. The van der Waals surface area contributed by atoms with Crippen molar-refractivity contribution in [2.45, 2.75) is 0 Å². The van der Waals surface area contributed by atoms with Crippen LogP contribution in [0.15, 0.2) is 44.0 Å². The molecule has 1 N–H and O–H groups in total. The van der Waals surface area contributed by atoms with E-state index in [-0.39, 0.29) is 5.76 Å². The molecule has 3 rings (SSSR count).